The van der Waals surface area contributed by atoms with Gasteiger partial charge in [0.1, 0.15) is 5.76 Å². The van der Waals surface area contributed by atoms with Gasteiger partial charge in [0, 0.05) is 17.8 Å². The van der Waals surface area contributed by atoms with Gasteiger partial charge in [0.05, 0.1) is 22.4 Å². The van der Waals surface area contributed by atoms with Crippen molar-refractivity contribution in [3.8, 4) is 0 Å². The molecule has 7 nitrogen and oxygen atoms in total. The molecule has 0 fully saturated rings. The lowest BCUT2D eigenvalue weighted by atomic mass is 9.94. The predicted molar refractivity (Wildman–Crippen MR) is 102 cm³/mol. The zero-order chi connectivity index (χ0) is 19.3. The normalized spacial score (nSPS) is 12.8. The van der Waals surface area contributed by atoms with E-state index in [1.54, 1.807) is 19.3 Å². The number of oxazole rings is 1. The largest absolute Gasteiger partial charge is 0.481 e. The summed E-state index contributed by atoms with van der Waals surface area (Å²) in [6.45, 7) is 7.91. The molecule has 26 heavy (non-hydrogen) atoms. The van der Waals surface area contributed by atoms with Crippen LogP contribution in [0, 0.1) is 5.92 Å². The molecule has 0 saturated carbocycles. The van der Waals surface area contributed by atoms with Gasteiger partial charge in [-0.2, -0.15) is 0 Å². The quantitative estimate of drug-likeness (QED) is 0.644. The van der Waals surface area contributed by atoms with Crippen LogP contribution < -0.4 is 5.32 Å². The molecule has 1 amide bonds. The Balaban J connectivity index is 1.84. The van der Waals surface area contributed by atoms with Crippen molar-refractivity contribution in [2.24, 2.45) is 5.92 Å². The third-order valence-electron chi connectivity index (χ3n) is 3.58. The Morgan fingerprint density at radius 1 is 1.35 bits per heavy atom. The predicted octanol–water partition coefficient (Wildman–Crippen LogP) is 4.16. The Morgan fingerprint density at radius 3 is 2.69 bits per heavy atom. The summed E-state index contributed by atoms with van der Waals surface area (Å²) < 4.78 is 6.69. The van der Waals surface area contributed by atoms with Gasteiger partial charge >= 0.3 is 5.97 Å². The standard InChI is InChI=1S/C17H23N3O4S2/c1-10(5-6-13(21)22)15(23)20-16-19-8-14(26-16)25-9-12-18-7-11(24-12)17(2,3)4/h7-8,10H,5-6,9H2,1-4H3,(H,21,22)(H,19,20,23). The number of carbonyl (C=O) groups excluding carboxylic acids is 1. The SMILES string of the molecule is CC(CCC(=O)O)C(=O)Nc1ncc(SCc2ncc(C(C)(C)C)o2)s1. The van der Waals surface area contributed by atoms with Crippen LogP contribution in [0.15, 0.2) is 21.0 Å². The average molecular weight is 398 g/mol. The molecule has 1 atom stereocenters. The van der Waals surface area contributed by atoms with Gasteiger partial charge in [-0.05, 0) is 6.42 Å². The van der Waals surface area contributed by atoms with Gasteiger partial charge in [0.25, 0.3) is 0 Å². The maximum atomic E-state index is 12.0. The molecule has 0 aliphatic heterocycles. The second-order valence-electron chi connectivity index (χ2n) is 6.96. The summed E-state index contributed by atoms with van der Waals surface area (Å²) in [5, 5.41) is 11.9. The number of rotatable bonds is 8. The van der Waals surface area contributed by atoms with Crippen molar-refractivity contribution >= 4 is 40.1 Å². The number of carboxylic acids is 1. The van der Waals surface area contributed by atoms with Gasteiger partial charge in [-0.1, -0.05) is 39.0 Å². The van der Waals surface area contributed by atoms with E-state index in [-0.39, 0.29) is 23.7 Å². The first-order valence-corrected chi connectivity index (χ1v) is 10.0. The summed E-state index contributed by atoms with van der Waals surface area (Å²) >= 11 is 2.91. The third kappa shape index (κ3) is 6.14. The number of thioether (sulfide) groups is 1. The van der Waals surface area contributed by atoms with E-state index in [0.29, 0.717) is 23.2 Å². The lowest BCUT2D eigenvalue weighted by molar-refractivity contribution is -0.137. The van der Waals surface area contributed by atoms with E-state index in [1.807, 2.05) is 0 Å². The molecule has 2 aromatic rings. The Bertz CT molecular complexity index is 764. The first-order chi connectivity index (χ1) is 12.1. The van der Waals surface area contributed by atoms with Crippen molar-refractivity contribution < 1.29 is 19.1 Å². The number of nitrogens with zero attached hydrogens (tertiary/aromatic N) is 2. The monoisotopic (exact) mass is 397 g/mol. The Morgan fingerprint density at radius 2 is 2.08 bits per heavy atom. The fourth-order valence-electron chi connectivity index (χ4n) is 1.94. The van der Waals surface area contributed by atoms with Crippen molar-refractivity contribution in [3.05, 3.63) is 24.0 Å². The number of nitrogens with one attached hydrogen (secondary N) is 1. The molecular weight excluding hydrogens is 374 g/mol. The van der Waals surface area contributed by atoms with Crippen LogP contribution in [0.25, 0.3) is 0 Å². The van der Waals surface area contributed by atoms with Crippen molar-refractivity contribution in [3.63, 3.8) is 0 Å². The van der Waals surface area contributed by atoms with Gasteiger partial charge in [-0.25, -0.2) is 9.97 Å². The Labute approximate surface area is 160 Å². The van der Waals surface area contributed by atoms with Crippen LogP contribution >= 0.6 is 23.1 Å². The fraction of sp³-hybridized carbons (Fsp3) is 0.529. The molecule has 0 aromatic carbocycles. The van der Waals surface area contributed by atoms with Crippen LogP contribution in [-0.4, -0.2) is 27.0 Å². The molecule has 0 saturated heterocycles. The summed E-state index contributed by atoms with van der Waals surface area (Å²) in [5.74, 6) is 0.579. The highest BCUT2D eigenvalue weighted by atomic mass is 32.2. The van der Waals surface area contributed by atoms with E-state index in [1.165, 1.54) is 23.1 Å². The summed E-state index contributed by atoms with van der Waals surface area (Å²) in [6, 6.07) is 0. The van der Waals surface area contributed by atoms with Gasteiger partial charge < -0.3 is 14.8 Å². The number of carbonyl (C=O) groups is 2. The minimum Gasteiger partial charge on any atom is -0.481 e. The van der Waals surface area contributed by atoms with Crippen molar-refractivity contribution in [1.82, 2.24) is 9.97 Å². The second kappa shape index (κ2) is 8.68. The molecule has 2 rings (SSSR count). The summed E-state index contributed by atoms with van der Waals surface area (Å²) in [5.41, 5.74) is -0.0742. The zero-order valence-corrected chi connectivity index (χ0v) is 16.9. The van der Waals surface area contributed by atoms with E-state index in [2.05, 4.69) is 36.1 Å². The second-order valence-corrected chi connectivity index (χ2v) is 9.27. The van der Waals surface area contributed by atoms with Crippen molar-refractivity contribution in [2.75, 3.05) is 5.32 Å². The number of anilines is 1. The molecule has 142 valence electrons. The van der Waals surface area contributed by atoms with Crippen LogP contribution in [0.2, 0.25) is 0 Å². The molecule has 9 heteroatoms. The lowest BCUT2D eigenvalue weighted by Gasteiger charge is -2.12. The number of aliphatic carboxylic acids is 1. The first kappa shape index (κ1) is 20.4. The highest BCUT2D eigenvalue weighted by Gasteiger charge is 2.19. The topological polar surface area (TPSA) is 105 Å². The van der Waals surface area contributed by atoms with Crippen LogP contribution in [-0.2, 0) is 20.8 Å². The smallest absolute Gasteiger partial charge is 0.303 e. The van der Waals surface area contributed by atoms with E-state index in [0.717, 1.165) is 9.97 Å². The minimum absolute atomic E-state index is 0.0275. The van der Waals surface area contributed by atoms with E-state index in [4.69, 9.17) is 9.52 Å². The highest BCUT2D eigenvalue weighted by Crippen LogP contribution is 2.32. The van der Waals surface area contributed by atoms with E-state index in [9.17, 15) is 9.59 Å². The van der Waals surface area contributed by atoms with Crippen LogP contribution in [0.1, 0.15) is 52.2 Å². The van der Waals surface area contributed by atoms with Crippen LogP contribution in [0.5, 0.6) is 0 Å². The number of carboxylic acid groups (broad SMARTS) is 1. The first-order valence-electron chi connectivity index (χ1n) is 8.21. The minimum atomic E-state index is -0.904. The molecule has 2 heterocycles. The molecule has 0 spiro atoms. The molecular formula is C17H23N3O4S2. The summed E-state index contributed by atoms with van der Waals surface area (Å²) in [7, 11) is 0. The average Bonchev–Trinajstić information content (AvgIpc) is 3.19. The number of aromatic nitrogens is 2. The van der Waals surface area contributed by atoms with Gasteiger partial charge in [0.2, 0.25) is 11.8 Å². The Kier molecular flexibility index (Phi) is 6.82. The number of thiazole rings is 1. The molecule has 0 radical (unpaired) electrons. The summed E-state index contributed by atoms with van der Waals surface area (Å²) in [6.07, 6.45) is 3.72. The zero-order valence-electron chi connectivity index (χ0n) is 15.2. The summed E-state index contributed by atoms with van der Waals surface area (Å²) in [4.78, 5) is 31.1. The molecule has 2 aromatic heterocycles. The van der Waals surface area contributed by atoms with Gasteiger partial charge in [-0.15, -0.1) is 11.8 Å². The third-order valence-corrected chi connectivity index (χ3v) is 5.68. The van der Waals surface area contributed by atoms with Crippen molar-refractivity contribution in [2.45, 2.75) is 55.9 Å². The molecule has 0 aliphatic rings. The fourth-order valence-corrected chi connectivity index (χ4v) is 3.67. The number of hydrogen-bond donors (Lipinski definition) is 2. The highest BCUT2D eigenvalue weighted by molar-refractivity contribution is 8.00. The lowest BCUT2D eigenvalue weighted by Crippen LogP contribution is -2.20. The molecule has 0 bridgehead atoms. The Hall–Kier alpha value is -1.87. The van der Waals surface area contributed by atoms with Crippen molar-refractivity contribution in [1.29, 1.82) is 0 Å². The van der Waals surface area contributed by atoms with E-state index >= 15 is 0 Å². The number of hydrogen-bond acceptors (Lipinski definition) is 7. The molecule has 2 N–H and O–H groups in total. The van der Waals surface area contributed by atoms with E-state index < -0.39 is 5.97 Å². The molecule has 1 unspecified atom stereocenters. The number of amides is 1. The maximum absolute atomic E-state index is 12.0. The van der Waals surface area contributed by atoms with Crippen LogP contribution in [0.4, 0.5) is 5.13 Å². The maximum Gasteiger partial charge on any atom is 0.303 e. The van der Waals surface area contributed by atoms with Crippen LogP contribution in [0.3, 0.4) is 0 Å². The molecule has 0 aliphatic carbocycles. The van der Waals surface area contributed by atoms with Gasteiger partial charge in [-0.3, -0.25) is 9.59 Å². The van der Waals surface area contributed by atoms with Gasteiger partial charge in [0.15, 0.2) is 5.13 Å².